The smallest absolute Gasteiger partial charge is 0.258 e. The maximum absolute atomic E-state index is 13.0. The van der Waals surface area contributed by atoms with Crippen LogP contribution in [-0.2, 0) is 10.0 Å². The molecule has 6 nitrogen and oxygen atoms in total. The lowest BCUT2D eigenvalue weighted by molar-refractivity contribution is -0.384. The van der Waals surface area contributed by atoms with Gasteiger partial charge in [-0.1, -0.05) is 11.6 Å². The Balaban J connectivity index is 1.94. The number of hydrogen-bond acceptors (Lipinski definition) is 4. The Morgan fingerprint density at radius 3 is 2.57 bits per heavy atom. The van der Waals surface area contributed by atoms with Gasteiger partial charge >= 0.3 is 0 Å². The van der Waals surface area contributed by atoms with Gasteiger partial charge in [0.15, 0.2) is 0 Å². The van der Waals surface area contributed by atoms with Crippen molar-refractivity contribution < 1.29 is 13.3 Å². The zero-order chi connectivity index (χ0) is 16.6. The lowest BCUT2D eigenvalue weighted by Crippen LogP contribution is -2.48. The van der Waals surface area contributed by atoms with Crippen molar-refractivity contribution in [2.24, 2.45) is 5.92 Å². The number of hydrogen-bond donors (Lipinski definition) is 0. The van der Waals surface area contributed by atoms with Crippen LogP contribution in [0.2, 0.25) is 0 Å². The Morgan fingerprint density at radius 2 is 1.91 bits per heavy atom. The van der Waals surface area contributed by atoms with Crippen LogP contribution >= 0.6 is 0 Å². The monoisotopic (exact) mass is 336 g/mol. The van der Waals surface area contributed by atoms with E-state index < -0.39 is 14.9 Å². The number of sulfonamides is 1. The van der Waals surface area contributed by atoms with Gasteiger partial charge in [0.05, 0.1) is 9.82 Å². The Hall–Kier alpha value is -1.73. The van der Waals surface area contributed by atoms with Crippen LogP contribution in [0.3, 0.4) is 0 Å². The molecule has 1 fully saturated rings. The van der Waals surface area contributed by atoms with Crippen molar-refractivity contribution >= 4 is 15.7 Å². The van der Waals surface area contributed by atoms with E-state index >= 15 is 0 Å². The fourth-order valence-corrected chi connectivity index (χ4v) is 5.22. The van der Waals surface area contributed by atoms with Crippen LogP contribution in [0.5, 0.6) is 0 Å². The molecular weight excluding hydrogens is 316 g/mol. The van der Waals surface area contributed by atoms with Crippen LogP contribution in [0.4, 0.5) is 5.69 Å². The fraction of sp³-hybridized carbons (Fsp3) is 0.500. The molecule has 3 rings (SSSR count). The summed E-state index contributed by atoms with van der Waals surface area (Å²) in [5.41, 5.74) is 1.13. The third-order valence-corrected chi connectivity index (χ3v) is 6.70. The summed E-state index contributed by atoms with van der Waals surface area (Å²) in [6, 6.07) is 5.07. The van der Waals surface area contributed by atoms with Crippen molar-refractivity contribution in [3.05, 3.63) is 46.0 Å². The molecule has 1 aromatic carbocycles. The quantitative estimate of drug-likeness (QED) is 0.482. The molecule has 0 saturated carbocycles. The largest absolute Gasteiger partial charge is 0.269 e. The van der Waals surface area contributed by atoms with E-state index in [0.29, 0.717) is 12.5 Å². The molecule has 124 valence electrons. The lowest BCUT2D eigenvalue weighted by atomic mass is 9.81. The molecule has 1 aliphatic heterocycles. The van der Waals surface area contributed by atoms with E-state index in [0.717, 1.165) is 25.7 Å². The summed E-state index contributed by atoms with van der Waals surface area (Å²) in [5, 5.41) is 10.7. The minimum atomic E-state index is -3.63. The minimum Gasteiger partial charge on any atom is -0.258 e. The SMILES string of the molecule is CC1=C[C@@H]2[C@@H](CCCN2S(=O)(=O)c2ccc([N+](=O)[O-])cc2)CC1. The van der Waals surface area contributed by atoms with Gasteiger partial charge in [0.25, 0.3) is 5.69 Å². The van der Waals surface area contributed by atoms with Crippen LogP contribution in [0.25, 0.3) is 0 Å². The number of non-ortho nitro benzene ring substituents is 1. The normalized spacial score (nSPS) is 25.5. The molecule has 1 saturated heterocycles. The Morgan fingerprint density at radius 1 is 1.22 bits per heavy atom. The molecule has 2 aliphatic rings. The summed E-state index contributed by atoms with van der Waals surface area (Å²) in [6.07, 6.45) is 6.06. The van der Waals surface area contributed by atoms with Crippen LogP contribution in [0, 0.1) is 16.0 Å². The topological polar surface area (TPSA) is 80.5 Å². The van der Waals surface area contributed by atoms with Crippen molar-refractivity contribution in [3.8, 4) is 0 Å². The first-order valence-electron chi connectivity index (χ1n) is 7.83. The van der Waals surface area contributed by atoms with E-state index in [9.17, 15) is 18.5 Å². The zero-order valence-electron chi connectivity index (χ0n) is 13.0. The fourth-order valence-electron chi connectivity index (χ4n) is 3.54. The summed E-state index contributed by atoms with van der Waals surface area (Å²) in [6.45, 7) is 2.55. The third kappa shape index (κ3) is 3.03. The zero-order valence-corrected chi connectivity index (χ0v) is 13.8. The number of piperidine rings is 1. The van der Waals surface area contributed by atoms with E-state index in [-0.39, 0.29) is 16.6 Å². The summed E-state index contributed by atoms with van der Waals surface area (Å²) < 4.78 is 27.5. The van der Waals surface area contributed by atoms with E-state index in [1.54, 1.807) is 4.31 Å². The summed E-state index contributed by atoms with van der Waals surface area (Å²) >= 11 is 0. The Labute approximate surface area is 136 Å². The maximum atomic E-state index is 13.0. The first-order valence-corrected chi connectivity index (χ1v) is 9.27. The van der Waals surface area contributed by atoms with Crippen molar-refractivity contribution in [2.75, 3.05) is 6.54 Å². The summed E-state index contributed by atoms with van der Waals surface area (Å²) in [4.78, 5) is 10.3. The van der Waals surface area contributed by atoms with Gasteiger partial charge in [0.1, 0.15) is 0 Å². The van der Waals surface area contributed by atoms with Crippen LogP contribution in [0.15, 0.2) is 40.8 Å². The van der Waals surface area contributed by atoms with Gasteiger partial charge in [-0.15, -0.1) is 0 Å². The number of nitro benzene ring substituents is 1. The van der Waals surface area contributed by atoms with Gasteiger partial charge in [-0.05, 0) is 50.7 Å². The Bertz CT molecular complexity index is 740. The first-order chi connectivity index (χ1) is 10.9. The predicted octanol–water partition coefficient (Wildman–Crippen LogP) is 3.10. The van der Waals surface area contributed by atoms with Crippen molar-refractivity contribution in [2.45, 2.75) is 43.5 Å². The highest BCUT2D eigenvalue weighted by Gasteiger charge is 2.39. The second-order valence-corrected chi connectivity index (χ2v) is 8.20. The highest BCUT2D eigenvalue weighted by molar-refractivity contribution is 7.89. The number of fused-ring (bicyclic) bond motifs is 1. The molecule has 0 unspecified atom stereocenters. The molecule has 23 heavy (non-hydrogen) atoms. The van der Waals surface area contributed by atoms with Crippen molar-refractivity contribution in [1.29, 1.82) is 0 Å². The van der Waals surface area contributed by atoms with Crippen LogP contribution < -0.4 is 0 Å². The summed E-state index contributed by atoms with van der Waals surface area (Å²) in [7, 11) is -3.63. The van der Waals surface area contributed by atoms with Crippen molar-refractivity contribution in [3.63, 3.8) is 0 Å². The van der Waals surface area contributed by atoms with Crippen molar-refractivity contribution in [1.82, 2.24) is 4.31 Å². The highest BCUT2D eigenvalue weighted by Crippen LogP contribution is 2.37. The molecule has 1 aromatic rings. The standard InChI is InChI=1S/C16H20N2O4S/c1-12-4-5-13-3-2-10-17(16(13)11-12)23(21,22)15-8-6-14(7-9-15)18(19)20/h6-9,11,13,16H,2-5,10H2,1H3/t13-,16+/m0/s1. The summed E-state index contributed by atoms with van der Waals surface area (Å²) in [5.74, 6) is 0.375. The molecule has 0 spiro atoms. The Kier molecular flexibility index (Phi) is 4.25. The van der Waals surface area contributed by atoms with E-state index in [1.807, 2.05) is 6.92 Å². The molecule has 0 radical (unpaired) electrons. The van der Waals surface area contributed by atoms with Crippen LogP contribution in [-0.4, -0.2) is 30.2 Å². The maximum Gasteiger partial charge on any atom is 0.269 e. The molecule has 0 aromatic heterocycles. The average molecular weight is 336 g/mol. The van der Waals surface area contributed by atoms with Gasteiger partial charge in [-0.2, -0.15) is 4.31 Å². The molecule has 0 amide bonds. The number of allylic oxidation sites excluding steroid dienone is 1. The lowest BCUT2D eigenvalue weighted by Gasteiger charge is -2.41. The second kappa shape index (κ2) is 6.05. The molecule has 0 bridgehead atoms. The molecule has 0 N–H and O–H groups in total. The molecule has 1 heterocycles. The second-order valence-electron chi connectivity index (χ2n) is 6.31. The molecule has 2 atom stereocenters. The van der Waals surface area contributed by atoms with Crippen LogP contribution in [0.1, 0.15) is 32.6 Å². The average Bonchev–Trinajstić information content (AvgIpc) is 2.54. The van der Waals surface area contributed by atoms with Gasteiger partial charge in [0.2, 0.25) is 10.0 Å². The first kappa shape index (κ1) is 16.1. The van der Waals surface area contributed by atoms with Gasteiger partial charge in [-0.25, -0.2) is 8.42 Å². The third-order valence-electron chi connectivity index (χ3n) is 4.79. The number of nitro groups is 1. The number of benzene rings is 1. The van der Waals surface area contributed by atoms with E-state index in [1.165, 1.54) is 29.8 Å². The van der Waals surface area contributed by atoms with Gasteiger partial charge in [-0.3, -0.25) is 10.1 Å². The highest BCUT2D eigenvalue weighted by atomic mass is 32.2. The molecule has 7 heteroatoms. The van der Waals surface area contributed by atoms with E-state index in [4.69, 9.17) is 0 Å². The number of rotatable bonds is 3. The minimum absolute atomic E-state index is 0.0855. The predicted molar refractivity (Wildman–Crippen MR) is 86.5 cm³/mol. The van der Waals surface area contributed by atoms with Gasteiger partial charge < -0.3 is 0 Å². The van der Waals surface area contributed by atoms with E-state index in [2.05, 4.69) is 6.08 Å². The molecular formula is C16H20N2O4S. The number of nitrogens with zero attached hydrogens (tertiary/aromatic N) is 2. The van der Waals surface area contributed by atoms with Gasteiger partial charge in [0, 0.05) is 24.7 Å². The molecule has 1 aliphatic carbocycles.